The monoisotopic (exact) mass is 284 g/mol. The molecule has 0 aromatic heterocycles. The van der Waals surface area contributed by atoms with Crippen LogP contribution in [0, 0.1) is 17.0 Å². The minimum atomic E-state index is -0.528. The van der Waals surface area contributed by atoms with Crippen LogP contribution < -0.4 is 5.73 Å². The number of benzene rings is 1. The number of nitrogens with zero attached hydrogens (tertiary/aromatic N) is 1. The number of hydrogen-bond donors (Lipinski definition) is 1. The predicted octanol–water partition coefficient (Wildman–Crippen LogP) is 2.85. The first-order valence-electron chi connectivity index (χ1n) is 6.36. The molecule has 0 amide bonds. The van der Waals surface area contributed by atoms with Crippen LogP contribution >= 0.6 is 12.2 Å². The van der Waals surface area contributed by atoms with Gasteiger partial charge in [0.05, 0.1) is 4.99 Å². The molecule has 0 radical (unpaired) electrons. The number of thiocarbonyl (C=S) groups is 1. The van der Waals surface area contributed by atoms with Crippen LogP contribution in [-0.4, -0.2) is 23.0 Å². The quantitative estimate of drug-likeness (QED) is 0.865. The first-order chi connectivity index (χ1) is 8.89. The highest BCUT2D eigenvalue weighted by Gasteiger charge is 2.32. The van der Waals surface area contributed by atoms with Crippen molar-refractivity contribution in [1.82, 2.24) is 4.90 Å². The molecule has 0 saturated carbocycles. The molecule has 5 heteroatoms. The van der Waals surface area contributed by atoms with E-state index in [1.807, 2.05) is 0 Å². The number of piperidine rings is 1. The lowest BCUT2D eigenvalue weighted by Gasteiger charge is -2.38. The molecule has 1 aliphatic heterocycles. The zero-order valence-corrected chi connectivity index (χ0v) is 11.8. The number of rotatable bonds is 3. The maximum Gasteiger partial charge on any atom is 0.126 e. The molecule has 1 fully saturated rings. The molecule has 2 N–H and O–H groups in total. The normalized spacial score (nSPS) is 19.3. The summed E-state index contributed by atoms with van der Waals surface area (Å²) in [4.78, 5) is 2.73. The maximum absolute atomic E-state index is 13.1. The lowest BCUT2D eigenvalue weighted by Crippen LogP contribution is -2.44. The second-order valence-corrected chi connectivity index (χ2v) is 5.92. The van der Waals surface area contributed by atoms with E-state index in [0.29, 0.717) is 17.1 Å². The smallest absolute Gasteiger partial charge is 0.126 e. The Morgan fingerprint density at radius 1 is 1.26 bits per heavy atom. The van der Waals surface area contributed by atoms with Gasteiger partial charge in [-0.25, -0.2) is 8.78 Å². The summed E-state index contributed by atoms with van der Waals surface area (Å²) in [5.41, 5.74) is 6.33. The van der Waals surface area contributed by atoms with Gasteiger partial charge in [0.15, 0.2) is 0 Å². The molecule has 0 spiro atoms. The fourth-order valence-electron chi connectivity index (χ4n) is 2.41. The summed E-state index contributed by atoms with van der Waals surface area (Å²) < 4.78 is 26.2. The summed E-state index contributed by atoms with van der Waals surface area (Å²) in [6.45, 7) is 4.31. The molecule has 1 aromatic rings. The lowest BCUT2D eigenvalue weighted by molar-refractivity contribution is 0.157. The molecular formula is C14H18F2N2S. The number of likely N-dealkylation sites (tertiary alicyclic amines) is 1. The summed E-state index contributed by atoms with van der Waals surface area (Å²) in [7, 11) is 0. The van der Waals surface area contributed by atoms with Crippen LogP contribution in [0.15, 0.2) is 18.2 Å². The molecule has 1 heterocycles. The average molecular weight is 284 g/mol. The Balaban J connectivity index is 1.97. The van der Waals surface area contributed by atoms with E-state index in [4.69, 9.17) is 18.0 Å². The Kier molecular flexibility index (Phi) is 4.16. The van der Waals surface area contributed by atoms with Gasteiger partial charge in [-0.1, -0.05) is 19.1 Å². The van der Waals surface area contributed by atoms with Crippen molar-refractivity contribution in [2.45, 2.75) is 26.3 Å². The fourth-order valence-corrected chi connectivity index (χ4v) is 2.62. The summed E-state index contributed by atoms with van der Waals surface area (Å²) in [5, 5.41) is 0. The van der Waals surface area contributed by atoms with Gasteiger partial charge in [-0.3, -0.25) is 4.90 Å². The Labute approximate surface area is 117 Å². The number of halogens is 2. The molecule has 19 heavy (non-hydrogen) atoms. The van der Waals surface area contributed by atoms with Crippen LogP contribution in [0.2, 0.25) is 0 Å². The molecule has 2 rings (SSSR count). The minimum Gasteiger partial charge on any atom is -0.393 e. The van der Waals surface area contributed by atoms with Crippen LogP contribution in [0.3, 0.4) is 0 Å². The van der Waals surface area contributed by atoms with Crippen molar-refractivity contribution >= 4 is 17.2 Å². The van der Waals surface area contributed by atoms with Crippen molar-refractivity contribution in [1.29, 1.82) is 0 Å². The van der Waals surface area contributed by atoms with Gasteiger partial charge < -0.3 is 5.73 Å². The minimum absolute atomic E-state index is 0.0843. The van der Waals surface area contributed by atoms with Crippen LogP contribution in [0.4, 0.5) is 8.78 Å². The molecular weight excluding hydrogens is 266 g/mol. The average Bonchev–Trinajstić information content (AvgIpc) is 2.31. The SMILES string of the molecule is CC1(C(N)=S)CCN(Cc2cc(F)cc(F)c2)CC1. The summed E-state index contributed by atoms with van der Waals surface area (Å²) in [6, 6.07) is 3.65. The first kappa shape index (κ1) is 14.3. The van der Waals surface area contributed by atoms with Gasteiger partial charge in [-0.2, -0.15) is 0 Å². The van der Waals surface area contributed by atoms with Gasteiger partial charge in [0.2, 0.25) is 0 Å². The highest BCUT2D eigenvalue weighted by atomic mass is 32.1. The molecule has 0 bridgehead atoms. The number of hydrogen-bond acceptors (Lipinski definition) is 2. The van der Waals surface area contributed by atoms with Crippen molar-refractivity contribution < 1.29 is 8.78 Å². The van der Waals surface area contributed by atoms with Crippen molar-refractivity contribution in [3.63, 3.8) is 0 Å². The highest BCUT2D eigenvalue weighted by Crippen LogP contribution is 2.31. The molecule has 2 nitrogen and oxygen atoms in total. The molecule has 0 aliphatic carbocycles. The zero-order valence-electron chi connectivity index (χ0n) is 11.0. The summed E-state index contributed by atoms with van der Waals surface area (Å²) in [5.74, 6) is -1.06. The van der Waals surface area contributed by atoms with Gasteiger partial charge in [0.1, 0.15) is 11.6 Å². The third kappa shape index (κ3) is 3.48. The topological polar surface area (TPSA) is 29.3 Å². The van der Waals surface area contributed by atoms with Gasteiger partial charge in [0, 0.05) is 18.0 Å². The Bertz CT molecular complexity index is 462. The van der Waals surface area contributed by atoms with Gasteiger partial charge in [-0.05, 0) is 43.6 Å². The maximum atomic E-state index is 13.1. The lowest BCUT2D eigenvalue weighted by atomic mass is 9.80. The summed E-state index contributed by atoms with van der Waals surface area (Å²) >= 11 is 5.09. The standard InChI is InChI=1S/C14H18F2N2S/c1-14(13(17)19)2-4-18(5-3-14)9-10-6-11(15)8-12(16)7-10/h6-8H,2-5,9H2,1H3,(H2,17,19). The second-order valence-electron chi connectivity index (χ2n) is 5.48. The van der Waals surface area contributed by atoms with E-state index < -0.39 is 11.6 Å². The third-order valence-corrected chi connectivity index (χ3v) is 4.38. The molecule has 1 aromatic carbocycles. The van der Waals surface area contributed by atoms with Crippen LogP contribution in [0.1, 0.15) is 25.3 Å². The largest absolute Gasteiger partial charge is 0.393 e. The van der Waals surface area contributed by atoms with E-state index in [2.05, 4.69) is 11.8 Å². The first-order valence-corrected chi connectivity index (χ1v) is 6.77. The van der Waals surface area contributed by atoms with E-state index in [0.717, 1.165) is 32.0 Å². The van der Waals surface area contributed by atoms with E-state index in [-0.39, 0.29) is 5.41 Å². The second kappa shape index (κ2) is 5.51. The van der Waals surface area contributed by atoms with Crippen molar-refractivity contribution in [2.75, 3.05) is 13.1 Å². The molecule has 1 aliphatic rings. The Hall–Kier alpha value is -1.07. The van der Waals surface area contributed by atoms with Crippen LogP contribution in [0.5, 0.6) is 0 Å². The van der Waals surface area contributed by atoms with Crippen LogP contribution in [0.25, 0.3) is 0 Å². The summed E-state index contributed by atoms with van der Waals surface area (Å²) in [6.07, 6.45) is 1.78. The molecule has 104 valence electrons. The molecule has 0 atom stereocenters. The van der Waals surface area contributed by atoms with E-state index in [1.54, 1.807) is 0 Å². The fraction of sp³-hybridized carbons (Fsp3) is 0.500. The van der Waals surface area contributed by atoms with Gasteiger partial charge in [0.25, 0.3) is 0 Å². The highest BCUT2D eigenvalue weighted by molar-refractivity contribution is 7.80. The Morgan fingerprint density at radius 3 is 2.26 bits per heavy atom. The van der Waals surface area contributed by atoms with Crippen molar-refractivity contribution in [3.8, 4) is 0 Å². The van der Waals surface area contributed by atoms with E-state index in [9.17, 15) is 8.78 Å². The van der Waals surface area contributed by atoms with Crippen molar-refractivity contribution in [2.24, 2.45) is 11.1 Å². The van der Waals surface area contributed by atoms with Crippen LogP contribution in [-0.2, 0) is 6.54 Å². The van der Waals surface area contributed by atoms with Gasteiger partial charge >= 0.3 is 0 Å². The Morgan fingerprint density at radius 2 is 1.79 bits per heavy atom. The zero-order chi connectivity index (χ0) is 14.0. The molecule has 1 saturated heterocycles. The van der Waals surface area contributed by atoms with Gasteiger partial charge in [-0.15, -0.1) is 0 Å². The molecule has 0 unspecified atom stereocenters. The van der Waals surface area contributed by atoms with E-state index >= 15 is 0 Å². The predicted molar refractivity (Wildman–Crippen MR) is 75.8 cm³/mol. The number of nitrogens with two attached hydrogens (primary N) is 1. The third-order valence-electron chi connectivity index (χ3n) is 3.88. The van der Waals surface area contributed by atoms with E-state index in [1.165, 1.54) is 12.1 Å². The van der Waals surface area contributed by atoms with Crippen molar-refractivity contribution in [3.05, 3.63) is 35.4 Å².